The summed E-state index contributed by atoms with van der Waals surface area (Å²) in [5, 5.41) is 31.6. The molecule has 25 heavy (non-hydrogen) atoms. The summed E-state index contributed by atoms with van der Waals surface area (Å²) >= 11 is 0. The number of carbonyl (C=O) groups is 2. The quantitative estimate of drug-likeness (QED) is 0.676. The van der Waals surface area contributed by atoms with E-state index in [1.54, 1.807) is 12.2 Å². The highest BCUT2D eigenvalue weighted by Gasteiger charge is 2.68. The number of hydrogen-bond acceptors (Lipinski definition) is 4. The lowest BCUT2D eigenvalue weighted by molar-refractivity contribution is -0.192. The van der Waals surface area contributed by atoms with Gasteiger partial charge < -0.3 is 15.3 Å². The minimum atomic E-state index is -1.76. The van der Waals surface area contributed by atoms with E-state index in [0.29, 0.717) is 6.42 Å². The first-order valence-electron chi connectivity index (χ1n) is 9.21. The summed E-state index contributed by atoms with van der Waals surface area (Å²) in [6.07, 6.45) is 7.37. The Labute approximate surface area is 147 Å². The van der Waals surface area contributed by atoms with E-state index in [1.807, 2.05) is 13.0 Å². The third-order valence-electron chi connectivity index (χ3n) is 8.00. The van der Waals surface area contributed by atoms with Crippen LogP contribution in [0.4, 0.5) is 0 Å². The molecule has 136 valence electrons. The van der Waals surface area contributed by atoms with Crippen LogP contribution in [0.3, 0.4) is 0 Å². The molecule has 0 amide bonds. The van der Waals surface area contributed by atoms with E-state index in [1.165, 1.54) is 0 Å². The van der Waals surface area contributed by atoms with Crippen LogP contribution in [0.15, 0.2) is 23.8 Å². The smallest absolute Gasteiger partial charge is 0.336 e. The van der Waals surface area contributed by atoms with E-state index >= 15 is 0 Å². The van der Waals surface area contributed by atoms with Crippen molar-refractivity contribution < 1.29 is 24.9 Å². The number of aliphatic carboxylic acids is 1. The van der Waals surface area contributed by atoms with Crippen LogP contribution in [0.5, 0.6) is 0 Å². The van der Waals surface area contributed by atoms with Gasteiger partial charge in [-0.25, -0.2) is 4.79 Å². The van der Waals surface area contributed by atoms with E-state index in [0.717, 1.165) is 18.4 Å². The first-order valence-corrected chi connectivity index (χ1v) is 9.21. The molecule has 0 radical (unpaired) electrons. The topological polar surface area (TPSA) is 94.8 Å². The molecule has 3 fully saturated rings. The summed E-state index contributed by atoms with van der Waals surface area (Å²) < 4.78 is 0. The van der Waals surface area contributed by atoms with Gasteiger partial charge in [0.15, 0.2) is 11.4 Å². The molecule has 0 bridgehead atoms. The van der Waals surface area contributed by atoms with Crippen LogP contribution in [0, 0.1) is 28.6 Å². The molecule has 0 saturated heterocycles. The maximum Gasteiger partial charge on any atom is 0.336 e. The van der Waals surface area contributed by atoms with Gasteiger partial charge in [0, 0.05) is 16.7 Å². The summed E-state index contributed by atoms with van der Waals surface area (Å²) in [6, 6.07) is 0. The van der Waals surface area contributed by atoms with Gasteiger partial charge >= 0.3 is 5.97 Å². The Morgan fingerprint density at radius 1 is 1.28 bits per heavy atom. The van der Waals surface area contributed by atoms with Crippen LogP contribution in [-0.4, -0.2) is 38.8 Å². The van der Waals surface area contributed by atoms with Crippen molar-refractivity contribution in [1.82, 2.24) is 0 Å². The lowest BCUT2D eigenvalue weighted by Gasteiger charge is -2.59. The maximum atomic E-state index is 11.8. The number of aliphatic hydroxyl groups is 2. The van der Waals surface area contributed by atoms with Crippen molar-refractivity contribution >= 4 is 11.8 Å². The molecule has 0 aromatic carbocycles. The molecule has 0 unspecified atom stereocenters. The van der Waals surface area contributed by atoms with Gasteiger partial charge in [-0.3, -0.25) is 4.79 Å². The molecule has 3 saturated carbocycles. The number of carboxylic acids is 1. The predicted molar refractivity (Wildman–Crippen MR) is 90.6 cm³/mol. The zero-order valence-corrected chi connectivity index (χ0v) is 14.7. The highest BCUT2D eigenvalue weighted by Crippen LogP contribution is 2.66. The fourth-order valence-electron chi connectivity index (χ4n) is 6.68. The second-order valence-corrected chi connectivity index (χ2v) is 8.92. The average molecular weight is 346 g/mol. The summed E-state index contributed by atoms with van der Waals surface area (Å²) in [6.45, 7) is 3.93. The third kappa shape index (κ3) is 1.97. The molecule has 5 heteroatoms. The Balaban J connectivity index is 1.76. The van der Waals surface area contributed by atoms with Gasteiger partial charge in [0.25, 0.3) is 0 Å². The second-order valence-electron chi connectivity index (χ2n) is 8.92. The van der Waals surface area contributed by atoms with Crippen LogP contribution in [-0.2, 0) is 9.59 Å². The molecule has 4 rings (SSSR count). The van der Waals surface area contributed by atoms with E-state index < -0.39 is 23.1 Å². The van der Waals surface area contributed by atoms with Crippen LogP contribution in [0.2, 0.25) is 0 Å². The number of rotatable bonds is 1. The molecule has 0 heterocycles. The standard InChI is InChI=1S/C20H26O5/c1-18-7-5-12(21)9-11(18)3-4-13-14-6-8-20(25,17(23)24)19(14,2)10-15(22)16(13)18/h5,7,9,13-16,22,25H,3-4,6,8,10H2,1-2H3,(H,23,24)/t13-,14-,15-,16+,18-,19-,20-/m0/s1. The molecule has 3 N–H and O–H groups in total. The number of ketones is 1. The molecular formula is C20H26O5. The Bertz CT molecular complexity index is 709. The Morgan fingerprint density at radius 2 is 2.00 bits per heavy atom. The monoisotopic (exact) mass is 346 g/mol. The van der Waals surface area contributed by atoms with Gasteiger partial charge in [0.2, 0.25) is 0 Å². The van der Waals surface area contributed by atoms with Crippen molar-refractivity contribution in [2.45, 2.75) is 57.7 Å². The molecule has 5 nitrogen and oxygen atoms in total. The number of allylic oxidation sites excluding steroid dienone is 4. The normalized spacial score (nSPS) is 51.4. The lowest BCUT2D eigenvalue weighted by Crippen LogP contribution is -2.61. The molecule has 7 atom stereocenters. The average Bonchev–Trinajstić information content (AvgIpc) is 2.80. The SMILES string of the molecule is C[C@]12C=CC(=O)C=C1CC[C@@H]1[C@@H]2[C@@H](O)C[C@@]2(C)[C@H]1CC[C@]2(O)C(=O)O. The lowest BCUT2D eigenvalue weighted by atomic mass is 9.46. The van der Waals surface area contributed by atoms with E-state index in [9.17, 15) is 24.9 Å². The predicted octanol–water partition coefficient (Wildman–Crippen LogP) is 2.08. The van der Waals surface area contributed by atoms with E-state index in [2.05, 4.69) is 6.92 Å². The maximum absolute atomic E-state index is 11.8. The highest BCUT2D eigenvalue weighted by molar-refractivity contribution is 6.01. The molecule has 0 aliphatic heterocycles. The Hall–Kier alpha value is -1.46. The van der Waals surface area contributed by atoms with Gasteiger partial charge in [0.05, 0.1) is 6.10 Å². The Kier molecular flexibility index (Phi) is 3.42. The number of hydrogen-bond donors (Lipinski definition) is 3. The van der Waals surface area contributed by atoms with E-state index in [-0.39, 0.29) is 41.8 Å². The first kappa shape index (κ1) is 17.0. The number of aliphatic hydroxyl groups excluding tert-OH is 1. The van der Waals surface area contributed by atoms with Crippen LogP contribution in [0.1, 0.15) is 46.0 Å². The second kappa shape index (κ2) is 5.04. The largest absolute Gasteiger partial charge is 0.479 e. The number of carbonyl (C=O) groups excluding carboxylic acids is 1. The van der Waals surface area contributed by atoms with Gasteiger partial charge in [-0.15, -0.1) is 0 Å². The fourth-order valence-corrected chi connectivity index (χ4v) is 6.68. The number of carboxylic acid groups (broad SMARTS) is 1. The van der Waals surface area contributed by atoms with Crippen LogP contribution in [0.25, 0.3) is 0 Å². The van der Waals surface area contributed by atoms with Crippen LogP contribution < -0.4 is 0 Å². The van der Waals surface area contributed by atoms with Crippen molar-refractivity contribution in [3.63, 3.8) is 0 Å². The van der Waals surface area contributed by atoms with E-state index in [4.69, 9.17) is 0 Å². The molecule has 0 spiro atoms. The van der Waals surface area contributed by atoms with Gasteiger partial charge in [0.1, 0.15) is 0 Å². The first-order chi connectivity index (χ1) is 11.6. The van der Waals surface area contributed by atoms with Crippen molar-refractivity contribution in [3.05, 3.63) is 23.8 Å². The summed E-state index contributed by atoms with van der Waals surface area (Å²) in [4.78, 5) is 23.6. The third-order valence-corrected chi connectivity index (χ3v) is 8.00. The van der Waals surface area contributed by atoms with Crippen LogP contribution >= 0.6 is 0 Å². The van der Waals surface area contributed by atoms with Gasteiger partial charge in [-0.2, -0.15) is 0 Å². The zero-order valence-electron chi connectivity index (χ0n) is 14.7. The molecule has 4 aliphatic rings. The number of fused-ring (bicyclic) bond motifs is 5. The van der Waals surface area contributed by atoms with Gasteiger partial charge in [-0.05, 0) is 56.1 Å². The van der Waals surface area contributed by atoms with Crippen molar-refractivity contribution in [2.24, 2.45) is 28.6 Å². The minimum Gasteiger partial charge on any atom is -0.479 e. The fraction of sp³-hybridized carbons (Fsp3) is 0.700. The highest BCUT2D eigenvalue weighted by atomic mass is 16.4. The molecular weight excluding hydrogens is 320 g/mol. The van der Waals surface area contributed by atoms with Crippen molar-refractivity contribution in [2.75, 3.05) is 0 Å². The van der Waals surface area contributed by atoms with Crippen molar-refractivity contribution in [3.8, 4) is 0 Å². The van der Waals surface area contributed by atoms with Crippen molar-refractivity contribution in [1.29, 1.82) is 0 Å². The zero-order chi connectivity index (χ0) is 18.2. The summed E-state index contributed by atoms with van der Waals surface area (Å²) in [7, 11) is 0. The molecule has 0 aromatic rings. The molecule has 0 aromatic heterocycles. The molecule has 4 aliphatic carbocycles. The summed E-state index contributed by atoms with van der Waals surface area (Å²) in [5.74, 6) is -0.976. The van der Waals surface area contributed by atoms with Gasteiger partial charge in [-0.1, -0.05) is 25.5 Å². The minimum absolute atomic E-state index is 0.00202. The summed E-state index contributed by atoms with van der Waals surface area (Å²) in [5.41, 5.74) is -1.86. The Morgan fingerprint density at radius 3 is 2.68 bits per heavy atom.